The molecule has 4 N–H and O–H groups in total. The van der Waals surface area contributed by atoms with Crippen LogP contribution in [0.25, 0.3) is 0 Å². The van der Waals surface area contributed by atoms with E-state index in [9.17, 15) is 34.8 Å². The Kier molecular flexibility index (Phi) is 32.7. The molecule has 0 aromatic heterocycles. The van der Waals surface area contributed by atoms with Crippen molar-refractivity contribution >= 4 is 17.9 Å². The van der Waals surface area contributed by atoms with Gasteiger partial charge in [-0.3, -0.25) is 9.59 Å². The molecular formula is C45H78O11. The van der Waals surface area contributed by atoms with Crippen LogP contribution in [0.5, 0.6) is 0 Å². The normalized spacial score (nSPS) is 20.6. The molecule has 6 atom stereocenters. The number of rotatable bonds is 36. The molecule has 0 bridgehead atoms. The quantitative estimate of drug-likeness (QED) is 0.0271. The molecule has 1 aliphatic rings. The van der Waals surface area contributed by atoms with E-state index in [0.29, 0.717) is 12.8 Å². The topological polar surface area (TPSA) is 169 Å². The maximum absolute atomic E-state index is 12.8. The Balaban J connectivity index is 2.39. The van der Waals surface area contributed by atoms with Gasteiger partial charge in [-0.2, -0.15) is 0 Å². The predicted molar refractivity (Wildman–Crippen MR) is 220 cm³/mol. The summed E-state index contributed by atoms with van der Waals surface area (Å²) >= 11 is 0. The highest BCUT2D eigenvalue weighted by Gasteiger charge is 2.47. The van der Waals surface area contributed by atoms with Crippen LogP contribution < -0.4 is 0 Å². The smallest absolute Gasteiger partial charge is 0.335 e. The van der Waals surface area contributed by atoms with Crippen LogP contribution in [0.1, 0.15) is 181 Å². The minimum Gasteiger partial charge on any atom is -0.479 e. The molecule has 0 amide bonds. The third-order valence-corrected chi connectivity index (χ3v) is 10.0. The van der Waals surface area contributed by atoms with Gasteiger partial charge < -0.3 is 39.4 Å². The molecule has 0 aliphatic carbocycles. The number of carboxylic acids is 1. The number of aliphatic hydroxyl groups is 3. The zero-order valence-corrected chi connectivity index (χ0v) is 34.9. The van der Waals surface area contributed by atoms with Gasteiger partial charge >= 0.3 is 17.9 Å². The van der Waals surface area contributed by atoms with E-state index in [0.717, 1.165) is 70.6 Å². The van der Waals surface area contributed by atoms with Crippen LogP contribution in [0.15, 0.2) is 36.5 Å². The summed E-state index contributed by atoms with van der Waals surface area (Å²) in [6.07, 6.45) is 30.5. The van der Waals surface area contributed by atoms with E-state index in [2.05, 4.69) is 50.3 Å². The first kappa shape index (κ1) is 51.4. The lowest BCUT2D eigenvalue weighted by Gasteiger charge is -2.38. The van der Waals surface area contributed by atoms with E-state index >= 15 is 0 Å². The molecule has 11 nitrogen and oxygen atoms in total. The van der Waals surface area contributed by atoms with Crippen LogP contribution in [0.2, 0.25) is 0 Å². The molecule has 1 rings (SSSR count). The molecule has 56 heavy (non-hydrogen) atoms. The molecule has 1 heterocycles. The van der Waals surface area contributed by atoms with Gasteiger partial charge in [0.25, 0.3) is 0 Å². The number of allylic oxidation sites excluding steroid dienone is 6. The Labute approximate surface area is 338 Å². The second kappa shape index (κ2) is 35.6. The van der Waals surface area contributed by atoms with Crippen molar-refractivity contribution in [2.75, 3.05) is 13.2 Å². The molecule has 0 saturated carbocycles. The zero-order valence-electron chi connectivity index (χ0n) is 34.9. The third kappa shape index (κ3) is 27.1. The average molecular weight is 795 g/mol. The van der Waals surface area contributed by atoms with E-state index in [1.165, 1.54) is 70.6 Å². The molecule has 1 fully saturated rings. The summed E-state index contributed by atoms with van der Waals surface area (Å²) < 4.78 is 21.7. The van der Waals surface area contributed by atoms with Crippen molar-refractivity contribution in [1.82, 2.24) is 0 Å². The number of unbranched alkanes of at least 4 members (excludes halogenated alkanes) is 19. The van der Waals surface area contributed by atoms with Crippen molar-refractivity contribution in [3.8, 4) is 0 Å². The summed E-state index contributed by atoms with van der Waals surface area (Å²) in [6, 6.07) is 0. The van der Waals surface area contributed by atoms with Crippen molar-refractivity contribution < 1.29 is 53.8 Å². The molecule has 0 aromatic rings. The van der Waals surface area contributed by atoms with Crippen LogP contribution in [0.4, 0.5) is 0 Å². The number of aliphatic hydroxyl groups excluding tert-OH is 3. The lowest BCUT2D eigenvalue weighted by molar-refractivity contribution is -0.298. The van der Waals surface area contributed by atoms with Crippen LogP contribution in [-0.2, 0) is 33.3 Å². The lowest BCUT2D eigenvalue weighted by Crippen LogP contribution is -2.60. The number of hydrogen-bond donors (Lipinski definition) is 4. The number of carbonyl (C=O) groups is 3. The van der Waals surface area contributed by atoms with Crippen molar-refractivity contribution in [2.45, 2.75) is 218 Å². The van der Waals surface area contributed by atoms with Crippen molar-refractivity contribution in [3.63, 3.8) is 0 Å². The zero-order chi connectivity index (χ0) is 41.1. The number of carboxylic acid groups (broad SMARTS) is 1. The summed E-state index contributed by atoms with van der Waals surface area (Å²) in [5.41, 5.74) is 0. The SMILES string of the molecule is CC/C=C\C/C=C\C/C=C\CCCCCCCC(=O)OCC(COC1OC(C(=O)O)C(O)C(O)C1O)OC(=O)CCCCCCCCCCCCCCCCC. The van der Waals surface area contributed by atoms with Crippen LogP contribution in [0, 0.1) is 0 Å². The van der Waals surface area contributed by atoms with Gasteiger partial charge in [0.1, 0.15) is 24.9 Å². The monoisotopic (exact) mass is 795 g/mol. The van der Waals surface area contributed by atoms with Gasteiger partial charge in [0.2, 0.25) is 0 Å². The minimum absolute atomic E-state index is 0.182. The molecule has 0 spiro atoms. The van der Waals surface area contributed by atoms with Gasteiger partial charge in [-0.25, -0.2) is 4.79 Å². The largest absolute Gasteiger partial charge is 0.479 e. The van der Waals surface area contributed by atoms with E-state index in [1.54, 1.807) is 0 Å². The summed E-state index contributed by atoms with van der Waals surface area (Å²) in [5, 5.41) is 39.8. The van der Waals surface area contributed by atoms with E-state index in [1.807, 2.05) is 0 Å². The van der Waals surface area contributed by atoms with Gasteiger partial charge in [-0.05, 0) is 44.9 Å². The number of carbonyl (C=O) groups excluding carboxylic acids is 2. The van der Waals surface area contributed by atoms with Gasteiger partial charge in [-0.1, -0.05) is 159 Å². The highest BCUT2D eigenvalue weighted by Crippen LogP contribution is 2.23. The van der Waals surface area contributed by atoms with Crippen LogP contribution in [-0.4, -0.2) is 88.4 Å². The lowest BCUT2D eigenvalue weighted by atomic mass is 9.99. The predicted octanol–water partition coefficient (Wildman–Crippen LogP) is 9.20. The van der Waals surface area contributed by atoms with Crippen molar-refractivity contribution in [2.24, 2.45) is 0 Å². The van der Waals surface area contributed by atoms with Gasteiger partial charge in [0.15, 0.2) is 18.5 Å². The second-order valence-corrected chi connectivity index (χ2v) is 15.2. The Bertz CT molecular complexity index is 1070. The second-order valence-electron chi connectivity index (χ2n) is 15.2. The summed E-state index contributed by atoms with van der Waals surface area (Å²) in [5.74, 6) is -2.46. The first-order valence-corrected chi connectivity index (χ1v) is 22.0. The molecule has 11 heteroatoms. The Morgan fingerprint density at radius 3 is 1.59 bits per heavy atom. The summed E-state index contributed by atoms with van der Waals surface area (Å²) in [6.45, 7) is 3.69. The average Bonchev–Trinajstić information content (AvgIpc) is 3.18. The first-order valence-electron chi connectivity index (χ1n) is 22.0. The van der Waals surface area contributed by atoms with Crippen LogP contribution >= 0.6 is 0 Å². The molecule has 6 unspecified atom stereocenters. The third-order valence-electron chi connectivity index (χ3n) is 10.0. The summed E-state index contributed by atoms with van der Waals surface area (Å²) in [4.78, 5) is 36.8. The minimum atomic E-state index is -1.86. The van der Waals surface area contributed by atoms with E-state index in [4.69, 9.17) is 18.9 Å². The fourth-order valence-electron chi connectivity index (χ4n) is 6.54. The number of aliphatic carboxylic acids is 1. The summed E-state index contributed by atoms with van der Waals surface area (Å²) in [7, 11) is 0. The molecule has 1 aliphatic heterocycles. The maximum Gasteiger partial charge on any atom is 0.335 e. The standard InChI is InChI=1S/C45H78O11/c1-3-5-7-9-11-13-15-17-19-21-23-25-27-29-31-33-38(46)53-35-37(36-54-45-42(50)40(48)41(49)43(56-45)44(51)52)55-39(47)34-32-30-28-26-24-22-20-18-16-14-12-10-8-6-4-2/h5,7,11,13,17,19,37,40-43,45,48-50H,3-4,6,8-10,12,14-16,18,20-36H2,1-2H3,(H,51,52)/b7-5-,13-11-,19-17-. The fourth-order valence-corrected chi connectivity index (χ4v) is 6.54. The highest BCUT2D eigenvalue weighted by atomic mass is 16.7. The first-order chi connectivity index (χ1) is 27.2. The van der Waals surface area contributed by atoms with Gasteiger partial charge in [-0.15, -0.1) is 0 Å². The Hall–Kier alpha value is -2.57. The Morgan fingerprint density at radius 1 is 0.571 bits per heavy atom. The number of hydrogen-bond acceptors (Lipinski definition) is 10. The molecule has 324 valence electrons. The van der Waals surface area contributed by atoms with E-state index < -0.39 is 61.3 Å². The number of ether oxygens (including phenoxy) is 4. The molecule has 0 aromatic carbocycles. The van der Waals surface area contributed by atoms with E-state index in [-0.39, 0.29) is 19.4 Å². The van der Waals surface area contributed by atoms with Crippen molar-refractivity contribution in [3.05, 3.63) is 36.5 Å². The van der Waals surface area contributed by atoms with Crippen molar-refractivity contribution in [1.29, 1.82) is 0 Å². The van der Waals surface area contributed by atoms with Gasteiger partial charge in [0, 0.05) is 12.8 Å². The highest BCUT2D eigenvalue weighted by molar-refractivity contribution is 5.73. The fraction of sp³-hybridized carbons (Fsp3) is 0.800. The van der Waals surface area contributed by atoms with Crippen LogP contribution in [0.3, 0.4) is 0 Å². The Morgan fingerprint density at radius 2 is 1.05 bits per heavy atom. The number of esters is 2. The maximum atomic E-state index is 12.8. The molecular weight excluding hydrogens is 716 g/mol. The molecule has 1 saturated heterocycles. The van der Waals surface area contributed by atoms with Gasteiger partial charge in [0.05, 0.1) is 6.61 Å². The molecule has 0 radical (unpaired) electrons.